The fourth-order valence-corrected chi connectivity index (χ4v) is 2.93. The van der Waals surface area contributed by atoms with Gasteiger partial charge in [-0.25, -0.2) is 0 Å². The molecule has 0 radical (unpaired) electrons. The van der Waals surface area contributed by atoms with E-state index in [2.05, 4.69) is 55.7 Å². The molecular formula is C18H30N2. The zero-order chi connectivity index (χ0) is 14.4. The average molecular weight is 274 g/mol. The topological polar surface area (TPSA) is 24.1 Å². The van der Waals surface area contributed by atoms with E-state index in [4.69, 9.17) is 0 Å². The van der Waals surface area contributed by atoms with Gasteiger partial charge in [0.25, 0.3) is 0 Å². The van der Waals surface area contributed by atoms with Crippen molar-refractivity contribution in [2.75, 3.05) is 19.6 Å². The Labute approximate surface area is 124 Å². The summed E-state index contributed by atoms with van der Waals surface area (Å²) >= 11 is 0. The molecule has 1 atom stereocenters. The van der Waals surface area contributed by atoms with Gasteiger partial charge in [0.15, 0.2) is 0 Å². The number of benzene rings is 1. The summed E-state index contributed by atoms with van der Waals surface area (Å²) in [6.45, 7) is 10.1. The molecule has 2 nitrogen and oxygen atoms in total. The molecule has 0 bridgehead atoms. The Morgan fingerprint density at radius 2 is 1.85 bits per heavy atom. The van der Waals surface area contributed by atoms with Crippen molar-refractivity contribution in [3.05, 3.63) is 35.4 Å². The number of aryl methyl sites for hydroxylation is 1. The highest BCUT2D eigenvalue weighted by atomic mass is 14.9. The van der Waals surface area contributed by atoms with E-state index in [9.17, 15) is 0 Å². The van der Waals surface area contributed by atoms with Crippen molar-refractivity contribution in [1.29, 1.82) is 0 Å². The van der Waals surface area contributed by atoms with Crippen LogP contribution in [-0.2, 0) is 12.8 Å². The van der Waals surface area contributed by atoms with Gasteiger partial charge in [0, 0.05) is 5.54 Å². The van der Waals surface area contributed by atoms with Crippen LogP contribution in [0.1, 0.15) is 44.7 Å². The van der Waals surface area contributed by atoms with E-state index in [-0.39, 0.29) is 5.54 Å². The van der Waals surface area contributed by atoms with Crippen molar-refractivity contribution in [3.8, 4) is 0 Å². The highest BCUT2D eigenvalue weighted by Gasteiger charge is 2.17. The second-order valence-electron chi connectivity index (χ2n) is 7.11. The summed E-state index contributed by atoms with van der Waals surface area (Å²) in [6.07, 6.45) is 5.06. The number of nitrogens with one attached hydrogen (secondary N) is 2. The summed E-state index contributed by atoms with van der Waals surface area (Å²) in [5, 5.41) is 7.17. The predicted octanol–water partition coefficient (Wildman–Crippen LogP) is 3.16. The van der Waals surface area contributed by atoms with E-state index in [0.717, 1.165) is 19.0 Å². The fourth-order valence-electron chi connectivity index (χ4n) is 2.93. The third kappa shape index (κ3) is 5.26. The summed E-state index contributed by atoms with van der Waals surface area (Å²) in [6, 6.07) is 8.93. The van der Waals surface area contributed by atoms with E-state index in [1.807, 2.05) is 0 Å². The molecule has 0 spiro atoms. The van der Waals surface area contributed by atoms with Crippen molar-refractivity contribution in [1.82, 2.24) is 10.6 Å². The molecule has 20 heavy (non-hydrogen) atoms. The van der Waals surface area contributed by atoms with Crippen LogP contribution in [0.2, 0.25) is 0 Å². The summed E-state index contributed by atoms with van der Waals surface area (Å²) in [4.78, 5) is 0. The molecule has 0 aliphatic heterocycles. The number of hydrogen-bond acceptors (Lipinski definition) is 2. The molecule has 2 heteroatoms. The van der Waals surface area contributed by atoms with Gasteiger partial charge in [-0.2, -0.15) is 0 Å². The van der Waals surface area contributed by atoms with Crippen molar-refractivity contribution in [2.24, 2.45) is 5.92 Å². The average Bonchev–Trinajstić information content (AvgIpc) is 2.41. The largest absolute Gasteiger partial charge is 0.316 e. The standard InChI is InChI=1S/C18H30N2/c1-18(2,3)20-12-6-11-19-14-15-9-10-16-7-4-5-8-17(16)13-15/h4-5,7-8,15,19-20H,6,9-14H2,1-3H3. The lowest BCUT2D eigenvalue weighted by Crippen LogP contribution is -2.37. The minimum atomic E-state index is 0.243. The fraction of sp³-hybridized carbons (Fsp3) is 0.667. The van der Waals surface area contributed by atoms with E-state index in [1.165, 1.54) is 32.2 Å². The van der Waals surface area contributed by atoms with Crippen LogP contribution >= 0.6 is 0 Å². The Kier molecular flexibility index (Phi) is 5.62. The van der Waals surface area contributed by atoms with E-state index < -0.39 is 0 Å². The van der Waals surface area contributed by atoms with Gasteiger partial charge in [0.2, 0.25) is 0 Å². The lowest BCUT2D eigenvalue weighted by molar-refractivity contribution is 0.400. The smallest absolute Gasteiger partial charge is 0.00965 e. The summed E-state index contributed by atoms with van der Waals surface area (Å²) in [5.74, 6) is 0.820. The van der Waals surface area contributed by atoms with Gasteiger partial charge >= 0.3 is 0 Å². The molecule has 0 saturated carbocycles. The van der Waals surface area contributed by atoms with Gasteiger partial charge in [-0.3, -0.25) is 0 Å². The zero-order valence-corrected chi connectivity index (χ0v) is 13.3. The summed E-state index contributed by atoms with van der Waals surface area (Å²) in [7, 11) is 0. The van der Waals surface area contributed by atoms with Crippen LogP contribution in [0, 0.1) is 5.92 Å². The second kappa shape index (κ2) is 7.24. The minimum absolute atomic E-state index is 0.243. The molecule has 1 aliphatic carbocycles. The molecule has 2 N–H and O–H groups in total. The molecule has 1 aliphatic rings. The first kappa shape index (κ1) is 15.5. The number of hydrogen-bond donors (Lipinski definition) is 2. The van der Waals surface area contributed by atoms with Crippen LogP contribution in [0.15, 0.2) is 24.3 Å². The quantitative estimate of drug-likeness (QED) is 0.779. The zero-order valence-electron chi connectivity index (χ0n) is 13.3. The van der Waals surface area contributed by atoms with Crippen LogP contribution in [0.4, 0.5) is 0 Å². The summed E-state index contributed by atoms with van der Waals surface area (Å²) < 4.78 is 0. The van der Waals surface area contributed by atoms with Gasteiger partial charge in [0.1, 0.15) is 0 Å². The molecule has 1 unspecified atom stereocenters. The Bertz CT molecular complexity index is 406. The molecule has 2 rings (SSSR count). The minimum Gasteiger partial charge on any atom is -0.316 e. The SMILES string of the molecule is CC(C)(C)NCCCNCC1CCc2ccccc2C1. The van der Waals surface area contributed by atoms with Gasteiger partial charge in [-0.1, -0.05) is 24.3 Å². The van der Waals surface area contributed by atoms with Gasteiger partial charge in [0.05, 0.1) is 0 Å². The molecule has 1 aromatic rings. The normalized spacial score (nSPS) is 18.9. The number of rotatable bonds is 6. The number of fused-ring (bicyclic) bond motifs is 1. The maximum Gasteiger partial charge on any atom is 0.00965 e. The molecular weight excluding hydrogens is 244 g/mol. The highest BCUT2D eigenvalue weighted by molar-refractivity contribution is 5.29. The molecule has 112 valence electrons. The lowest BCUT2D eigenvalue weighted by Gasteiger charge is -2.25. The van der Waals surface area contributed by atoms with E-state index in [0.29, 0.717) is 0 Å². The highest BCUT2D eigenvalue weighted by Crippen LogP contribution is 2.24. The van der Waals surface area contributed by atoms with Crippen molar-refractivity contribution < 1.29 is 0 Å². The Hall–Kier alpha value is -0.860. The first-order chi connectivity index (χ1) is 9.54. The molecule has 1 aromatic carbocycles. The van der Waals surface area contributed by atoms with Crippen molar-refractivity contribution in [2.45, 2.75) is 52.0 Å². The first-order valence-electron chi connectivity index (χ1n) is 8.07. The van der Waals surface area contributed by atoms with Crippen molar-refractivity contribution >= 4 is 0 Å². The van der Waals surface area contributed by atoms with Gasteiger partial charge < -0.3 is 10.6 Å². The summed E-state index contributed by atoms with van der Waals surface area (Å²) in [5.41, 5.74) is 3.38. The Morgan fingerprint density at radius 1 is 1.10 bits per heavy atom. The Morgan fingerprint density at radius 3 is 2.60 bits per heavy atom. The third-order valence-corrected chi connectivity index (χ3v) is 4.07. The second-order valence-corrected chi connectivity index (χ2v) is 7.11. The third-order valence-electron chi connectivity index (χ3n) is 4.07. The van der Waals surface area contributed by atoms with Crippen LogP contribution in [-0.4, -0.2) is 25.2 Å². The molecule has 0 fully saturated rings. The molecule has 0 saturated heterocycles. The predicted molar refractivity (Wildman–Crippen MR) is 87.2 cm³/mol. The lowest BCUT2D eigenvalue weighted by atomic mass is 9.84. The monoisotopic (exact) mass is 274 g/mol. The van der Waals surface area contributed by atoms with E-state index >= 15 is 0 Å². The maximum atomic E-state index is 3.63. The van der Waals surface area contributed by atoms with E-state index in [1.54, 1.807) is 11.1 Å². The Balaban J connectivity index is 1.60. The van der Waals surface area contributed by atoms with Crippen LogP contribution in [0.5, 0.6) is 0 Å². The molecule has 0 heterocycles. The first-order valence-corrected chi connectivity index (χ1v) is 8.07. The van der Waals surface area contributed by atoms with Gasteiger partial charge in [-0.05, 0) is 83.1 Å². The maximum absolute atomic E-state index is 3.63. The van der Waals surface area contributed by atoms with Crippen LogP contribution in [0.25, 0.3) is 0 Å². The van der Waals surface area contributed by atoms with Crippen LogP contribution < -0.4 is 10.6 Å². The van der Waals surface area contributed by atoms with Gasteiger partial charge in [-0.15, -0.1) is 0 Å². The van der Waals surface area contributed by atoms with Crippen LogP contribution in [0.3, 0.4) is 0 Å². The molecule has 0 aromatic heterocycles. The van der Waals surface area contributed by atoms with Crippen molar-refractivity contribution in [3.63, 3.8) is 0 Å². The molecule has 0 amide bonds.